The molecule has 1 aliphatic rings. The van der Waals surface area contributed by atoms with Gasteiger partial charge < -0.3 is 24.6 Å². The van der Waals surface area contributed by atoms with Crippen molar-refractivity contribution in [3.63, 3.8) is 0 Å². The molecule has 2 heterocycles. The zero-order chi connectivity index (χ0) is 22.8. The molecule has 2 aromatic rings. The van der Waals surface area contributed by atoms with Gasteiger partial charge in [-0.3, -0.25) is 0 Å². The Balaban J connectivity index is 0.00000385. The average molecular weight is 571 g/mol. The van der Waals surface area contributed by atoms with Gasteiger partial charge in [-0.15, -0.1) is 24.0 Å². The molecule has 0 bridgehead atoms. The van der Waals surface area contributed by atoms with Crippen LogP contribution < -0.4 is 15.4 Å². The van der Waals surface area contributed by atoms with Crippen molar-refractivity contribution in [2.24, 2.45) is 4.99 Å². The van der Waals surface area contributed by atoms with Crippen molar-refractivity contribution in [2.75, 3.05) is 32.9 Å². The predicted octanol–water partition coefficient (Wildman–Crippen LogP) is 4.62. The second-order valence-corrected chi connectivity index (χ2v) is 8.14. The predicted molar refractivity (Wildman–Crippen MR) is 143 cm³/mol. The third-order valence-corrected chi connectivity index (χ3v) is 6.17. The van der Waals surface area contributed by atoms with E-state index in [-0.39, 0.29) is 29.4 Å². The zero-order valence-corrected chi connectivity index (χ0v) is 22.7. The smallest absolute Gasteiger partial charge is 0.191 e. The fourth-order valence-corrected chi connectivity index (χ4v) is 4.27. The van der Waals surface area contributed by atoms with Crippen molar-refractivity contribution in [2.45, 2.75) is 65.3 Å². The minimum Gasteiger partial charge on any atom is -0.494 e. The van der Waals surface area contributed by atoms with E-state index in [0.717, 1.165) is 80.7 Å². The van der Waals surface area contributed by atoms with E-state index in [2.05, 4.69) is 60.8 Å². The van der Waals surface area contributed by atoms with Crippen LogP contribution in [-0.2, 0) is 29.5 Å². The number of halogens is 1. The lowest BCUT2D eigenvalue weighted by Crippen LogP contribution is -2.48. The first-order chi connectivity index (χ1) is 15.7. The minimum absolute atomic E-state index is 0. The van der Waals surface area contributed by atoms with Crippen molar-refractivity contribution < 1.29 is 14.0 Å². The summed E-state index contributed by atoms with van der Waals surface area (Å²) in [7, 11) is 0. The summed E-state index contributed by atoms with van der Waals surface area (Å²) in [4.78, 5) is 4.86. The fourth-order valence-electron chi connectivity index (χ4n) is 4.27. The summed E-state index contributed by atoms with van der Waals surface area (Å²) in [5, 5.41) is 11.2. The number of nitrogens with one attached hydrogen (secondary N) is 2. The summed E-state index contributed by atoms with van der Waals surface area (Å²) in [6.45, 7) is 12.6. The first-order valence-corrected chi connectivity index (χ1v) is 11.9. The Morgan fingerprint density at radius 2 is 1.79 bits per heavy atom. The number of aryl methyl sites for hydroxylation is 2. The lowest BCUT2D eigenvalue weighted by Gasteiger charge is -2.38. The van der Waals surface area contributed by atoms with Gasteiger partial charge in [-0.05, 0) is 50.8 Å². The first-order valence-electron chi connectivity index (χ1n) is 11.9. The van der Waals surface area contributed by atoms with Gasteiger partial charge in [0.2, 0.25) is 0 Å². The molecule has 33 heavy (non-hydrogen) atoms. The molecule has 0 unspecified atom stereocenters. The number of hydrogen-bond donors (Lipinski definition) is 2. The molecule has 0 atom stereocenters. The van der Waals surface area contributed by atoms with E-state index in [9.17, 15) is 0 Å². The molecule has 0 amide bonds. The standard InChI is InChI=1S/C25H38N4O3.HI/c1-5-22-21(23(6-2)32-29-22)17-27-24(26-7-3)28-18-25(13-15-30-16-14-25)19-9-11-20(12-10-19)31-8-4;/h9-12H,5-8,13-18H2,1-4H3,(H2,26,27,28);1H. The molecule has 184 valence electrons. The Morgan fingerprint density at radius 1 is 1.06 bits per heavy atom. The van der Waals surface area contributed by atoms with E-state index >= 15 is 0 Å². The lowest BCUT2D eigenvalue weighted by molar-refractivity contribution is 0.0513. The molecular weight excluding hydrogens is 531 g/mol. The van der Waals surface area contributed by atoms with Crippen LogP contribution in [0.2, 0.25) is 0 Å². The molecule has 1 fully saturated rings. The van der Waals surface area contributed by atoms with Crippen LogP contribution in [-0.4, -0.2) is 44.0 Å². The molecule has 1 aliphatic heterocycles. The second kappa shape index (κ2) is 13.8. The molecule has 3 rings (SSSR count). The van der Waals surface area contributed by atoms with Gasteiger partial charge >= 0.3 is 0 Å². The normalized spacial score (nSPS) is 15.6. The number of aromatic nitrogens is 1. The van der Waals surface area contributed by atoms with Crippen LogP contribution >= 0.6 is 24.0 Å². The van der Waals surface area contributed by atoms with Gasteiger partial charge in [0.1, 0.15) is 11.5 Å². The Morgan fingerprint density at radius 3 is 2.39 bits per heavy atom. The monoisotopic (exact) mass is 570 g/mol. The largest absolute Gasteiger partial charge is 0.494 e. The van der Waals surface area contributed by atoms with Crippen LogP contribution in [0.25, 0.3) is 0 Å². The fraction of sp³-hybridized carbons (Fsp3) is 0.600. The van der Waals surface area contributed by atoms with E-state index < -0.39 is 0 Å². The number of guanidine groups is 1. The van der Waals surface area contributed by atoms with Crippen LogP contribution in [0.1, 0.15) is 63.1 Å². The van der Waals surface area contributed by atoms with Crippen molar-refractivity contribution in [1.82, 2.24) is 15.8 Å². The molecular formula is C25H39IN4O3. The van der Waals surface area contributed by atoms with Crippen molar-refractivity contribution >= 4 is 29.9 Å². The third-order valence-electron chi connectivity index (χ3n) is 6.17. The van der Waals surface area contributed by atoms with E-state index in [4.69, 9.17) is 19.0 Å². The average Bonchev–Trinajstić information content (AvgIpc) is 3.24. The van der Waals surface area contributed by atoms with Crippen LogP contribution in [0.3, 0.4) is 0 Å². The van der Waals surface area contributed by atoms with E-state index in [1.165, 1.54) is 5.56 Å². The topological polar surface area (TPSA) is 80.9 Å². The highest BCUT2D eigenvalue weighted by Gasteiger charge is 2.34. The molecule has 8 heteroatoms. The first kappa shape index (κ1) is 27.4. The van der Waals surface area contributed by atoms with Crippen LogP contribution in [0.4, 0.5) is 0 Å². The SMILES string of the molecule is CCNC(=NCc1c(CC)noc1CC)NCC1(c2ccc(OCC)cc2)CCOCC1.I. The highest BCUT2D eigenvalue weighted by Crippen LogP contribution is 2.35. The van der Waals surface area contributed by atoms with Gasteiger partial charge in [-0.1, -0.05) is 31.1 Å². The molecule has 0 saturated carbocycles. The van der Waals surface area contributed by atoms with Gasteiger partial charge in [0.15, 0.2) is 5.96 Å². The Hall–Kier alpha value is -1.81. The lowest BCUT2D eigenvalue weighted by atomic mass is 9.74. The Kier molecular flexibility index (Phi) is 11.5. The van der Waals surface area contributed by atoms with Gasteiger partial charge in [0.25, 0.3) is 0 Å². The summed E-state index contributed by atoms with van der Waals surface area (Å²) >= 11 is 0. The summed E-state index contributed by atoms with van der Waals surface area (Å²) < 4.78 is 16.8. The highest BCUT2D eigenvalue weighted by atomic mass is 127. The van der Waals surface area contributed by atoms with Crippen molar-refractivity contribution in [1.29, 1.82) is 0 Å². The van der Waals surface area contributed by atoms with Crippen LogP contribution in [0.15, 0.2) is 33.8 Å². The molecule has 1 saturated heterocycles. The van der Waals surface area contributed by atoms with Crippen LogP contribution in [0, 0.1) is 0 Å². The van der Waals surface area contributed by atoms with Crippen molar-refractivity contribution in [3.8, 4) is 5.75 Å². The molecule has 0 radical (unpaired) electrons. The zero-order valence-electron chi connectivity index (χ0n) is 20.4. The van der Waals surface area contributed by atoms with Gasteiger partial charge in [0, 0.05) is 43.7 Å². The molecule has 1 aromatic heterocycles. The van der Waals surface area contributed by atoms with Gasteiger partial charge in [0.05, 0.1) is 18.8 Å². The maximum atomic E-state index is 5.69. The van der Waals surface area contributed by atoms with E-state index in [1.54, 1.807) is 0 Å². The molecule has 2 N–H and O–H groups in total. The number of nitrogens with zero attached hydrogens (tertiary/aromatic N) is 2. The van der Waals surface area contributed by atoms with E-state index in [0.29, 0.717) is 13.2 Å². The molecule has 0 spiro atoms. The summed E-state index contributed by atoms with van der Waals surface area (Å²) in [6.07, 6.45) is 3.61. The number of rotatable bonds is 10. The number of benzene rings is 1. The Bertz CT molecular complexity index is 840. The highest BCUT2D eigenvalue weighted by molar-refractivity contribution is 14.0. The summed E-state index contributed by atoms with van der Waals surface area (Å²) in [5.41, 5.74) is 3.42. The third kappa shape index (κ3) is 7.09. The van der Waals surface area contributed by atoms with Gasteiger partial charge in [-0.25, -0.2) is 4.99 Å². The number of hydrogen-bond acceptors (Lipinski definition) is 5. The summed E-state index contributed by atoms with van der Waals surface area (Å²) in [6, 6.07) is 8.53. The van der Waals surface area contributed by atoms with Crippen molar-refractivity contribution in [3.05, 3.63) is 46.8 Å². The molecule has 1 aromatic carbocycles. The van der Waals surface area contributed by atoms with E-state index in [1.807, 2.05) is 6.92 Å². The molecule has 7 nitrogen and oxygen atoms in total. The maximum Gasteiger partial charge on any atom is 0.191 e. The van der Waals surface area contributed by atoms with Crippen LogP contribution in [0.5, 0.6) is 5.75 Å². The quantitative estimate of drug-likeness (QED) is 0.247. The Labute approximate surface area is 215 Å². The van der Waals surface area contributed by atoms with Gasteiger partial charge in [-0.2, -0.15) is 0 Å². The number of ether oxygens (including phenoxy) is 2. The second-order valence-electron chi connectivity index (χ2n) is 8.14. The minimum atomic E-state index is -0.000457. The number of aliphatic imine (C=N–C) groups is 1. The maximum absolute atomic E-state index is 5.69. The molecule has 0 aliphatic carbocycles. The summed E-state index contributed by atoms with van der Waals surface area (Å²) in [5.74, 6) is 2.65.